The first kappa shape index (κ1) is 11.6. The SMILES string of the molecule is N#Cc1cc2c(cc1F)C1(CCCn3cncc31)OC2. The van der Waals surface area contributed by atoms with E-state index in [1.54, 1.807) is 18.6 Å². The average Bonchev–Trinajstić information content (AvgIpc) is 3.06. The van der Waals surface area contributed by atoms with Crippen molar-refractivity contribution >= 4 is 0 Å². The number of fused-ring (bicyclic) bond motifs is 4. The minimum atomic E-state index is -0.598. The van der Waals surface area contributed by atoms with E-state index in [0.29, 0.717) is 6.61 Å². The van der Waals surface area contributed by atoms with Crippen molar-refractivity contribution in [3.05, 3.63) is 52.9 Å². The summed E-state index contributed by atoms with van der Waals surface area (Å²) in [4.78, 5) is 4.19. The number of halogens is 1. The molecule has 0 bridgehead atoms. The third-order valence-electron chi connectivity index (χ3n) is 4.28. The number of nitrogens with zero attached hydrogens (tertiary/aromatic N) is 3. The van der Waals surface area contributed by atoms with Crippen molar-refractivity contribution in [2.75, 3.05) is 0 Å². The second kappa shape index (κ2) is 3.90. The Kier molecular flexibility index (Phi) is 2.27. The van der Waals surface area contributed by atoms with Gasteiger partial charge in [0.1, 0.15) is 17.5 Å². The summed E-state index contributed by atoms with van der Waals surface area (Å²) in [5.74, 6) is -0.479. The summed E-state index contributed by atoms with van der Waals surface area (Å²) in [5, 5.41) is 8.93. The summed E-state index contributed by atoms with van der Waals surface area (Å²) in [6.45, 7) is 1.32. The summed E-state index contributed by atoms with van der Waals surface area (Å²) in [6.07, 6.45) is 5.36. The van der Waals surface area contributed by atoms with Crippen LogP contribution in [0.25, 0.3) is 0 Å². The molecule has 4 nitrogen and oxygen atoms in total. The maximum absolute atomic E-state index is 14.0. The Labute approximate surface area is 115 Å². The van der Waals surface area contributed by atoms with Crippen molar-refractivity contribution in [2.45, 2.75) is 31.6 Å². The Morgan fingerprint density at radius 3 is 3.20 bits per heavy atom. The van der Waals surface area contributed by atoms with E-state index in [4.69, 9.17) is 10.00 Å². The highest BCUT2D eigenvalue weighted by Crippen LogP contribution is 2.47. The van der Waals surface area contributed by atoms with Crippen LogP contribution in [0.15, 0.2) is 24.7 Å². The second-order valence-electron chi connectivity index (χ2n) is 5.29. The van der Waals surface area contributed by atoms with E-state index in [-0.39, 0.29) is 5.56 Å². The second-order valence-corrected chi connectivity index (χ2v) is 5.29. The van der Waals surface area contributed by atoms with Crippen LogP contribution in [0.5, 0.6) is 0 Å². The lowest BCUT2D eigenvalue weighted by atomic mass is 9.83. The van der Waals surface area contributed by atoms with Gasteiger partial charge in [-0.05, 0) is 36.1 Å². The first-order chi connectivity index (χ1) is 9.74. The average molecular weight is 269 g/mol. The van der Waals surface area contributed by atoms with Gasteiger partial charge in [0.25, 0.3) is 0 Å². The molecule has 20 heavy (non-hydrogen) atoms. The Bertz CT molecular complexity index is 746. The highest BCUT2D eigenvalue weighted by atomic mass is 19.1. The van der Waals surface area contributed by atoms with E-state index < -0.39 is 11.4 Å². The van der Waals surface area contributed by atoms with Gasteiger partial charge in [-0.3, -0.25) is 0 Å². The predicted octanol–water partition coefficient (Wildman–Crippen LogP) is 2.46. The number of nitriles is 1. The molecule has 0 N–H and O–H groups in total. The molecule has 2 aromatic rings. The Morgan fingerprint density at radius 1 is 1.45 bits per heavy atom. The van der Waals surface area contributed by atoms with Crippen molar-refractivity contribution in [3.8, 4) is 6.07 Å². The zero-order valence-corrected chi connectivity index (χ0v) is 10.8. The van der Waals surface area contributed by atoms with E-state index in [9.17, 15) is 4.39 Å². The molecule has 5 heteroatoms. The lowest BCUT2D eigenvalue weighted by Gasteiger charge is -2.34. The fourth-order valence-electron chi connectivity index (χ4n) is 3.36. The van der Waals surface area contributed by atoms with Gasteiger partial charge in [0, 0.05) is 6.54 Å². The lowest BCUT2D eigenvalue weighted by molar-refractivity contribution is -0.0271. The first-order valence-corrected chi connectivity index (χ1v) is 6.62. The van der Waals surface area contributed by atoms with E-state index in [1.165, 1.54) is 6.07 Å². The van der Waals surface area contributed by atoms with Crippen LogP contribution in [0.2, 0.25) is 0 Å². The van der Waals surface area contributed by atoms with Crippen molar-refractivity contribution in [1.29, 1.82) is 5.26 Å². The van der Waals surface area contributed by atoms with Gasteiger partial charge < -0.3 is 9.30 Å². The molecule has 2 aliphatic rings. The summed E-state index contributed by atoms with van der Waals surface area (Å²) in [6, 6.07) is 4.95. The Morgan fingerprint density at radius 2 is 2.35 bits per heavy atom. The van der Waals surface area contributed by atoms with Crippen LogP contribution in [0, 0.1) is 17.1 Å². The van der Waals surface area contributed by atoms with Crippen LogP contribution in [-0.2, 0) is 23.5 Å². The third-order valence-corrected chi connectivity index (χ3v) is 4.28. The summed E-state index contributed by atoms with van der Waals surface area (Å²) in [5.41, 5.74) is 2.20. The van der Waals surface area contributed by atoms with Crippen molar-refractivity contribution < 1.29 is 9.13 Å². The van der Waals surface area contributed by atoms with Gasteiger partial charge in [-0.15, -0.1) is 0 Å². The lowest BCUT2D eigenvalue weighted by Crippen LogP contribution is -2.34. The quantitative estimate of drug-likeness (QED) is 0.738. The summed E-state index contributed by atoms with van der Waals surface area (Å²) in [7, 11) is 0. The van der Waals surface area contributed by atoms with Gasteiger partial charge in [-0.25, -0.2) is 9.37 Å². The van der Waals surface area contributed by atoms with Crippen LogP contribution in [0.4, 0.5) is 4.39 Å². The minimum absolute atomic E-state index is 0.0775. The zero-order chi connectivity index (χ0) is 13.7. The third kappa shape index (κ3) is 1.34. The number of hydrogen-bond acceptors (Lipinski definition) is 3. The normalized spacial score (nSPS) is 23.4. The number of ether oxygens (including phenoxy) is 1. The number of aryl methyl sites for hydroxylation is 1. The topological polar surface area (TPSA) is 50.8 Å². The van der Waals surface area contributed by atoms with Crippen molar-refractivity contribution in [1.82, 2.24) is 9.55 Å². The molecule has 0 radical (unpaired) electrons. The monoisotopic (exact) mass is 269 g/mol. The molecular formula is C15H12FN3O. The van der Waals surface area contributed by atoms with Gasteiger partial charge in [0.05, 0.1) is 30.4 Å². The first-order valence-electron chi connectivity index (χ1n) is 6.62. The highest BCUT2D eigenvalue weighted by Gasteiger charge is 2.45. The molecule has 0 aliphatic carbocycles. The molecular weight excluding hydrogens is 257 g/mol. The molecule has 4 rings (SSSR count). The van der Waals surface area contributed by atoms with Crippen LogP contribution < -0.4 is 0 Å². The van der Waals surface area contributed by atoms with E-state index in [1.807, 2.05) is 6.07 Å². The molecule has 1 unspecified atom stereocenters. The maximum atomic E-state index is 14.0. The molecule has 0 saturated heterocycles. The van der Waals surface area contributed by atoms with Gasteiger partial charge in [0.15, 0.2) is 0 Å². The molecule has 1 aromatic carbocycles. The molecule has 3 heterocycles. The summed E-state index contributed by atoms with van der Waals surface area (Å²) < 4.78 is 22.1. The maximum Gasteiger partial charge on any atom is 0.141 e. The number of aromatic nitrogens is 2. The largest absolute Gasteiger partial charge is 0.359 e. The highest BCUT2D eigenvalue weighted by molar-refractivity contribution is 5.47. The van der Waals surface area contributed by atoms with Crippen molar-refractivity contribution in [2.24, 2.45) is 0 Å². The van der Waals surface area contributed by atoms with Gasteiger partial charge in [-0.1, -0.05) is 0 Å². The Balaban J connectivity index is 1.95. The predicted molar refractivity (Wildman–Crippen MR) is 68.1 cm³/mol. The number of rotatable bonds is 0. The molecule has 0 amide bonds. The fourth-order valence-corrected chi connectivity index (χ4v) is 3.36. The van der Waals surface area contributed by atoms with Crippen LogP contribution in [0.3, 0.4) is 0 Å². The van der Waals surface area contributed by atoms with E-state index in [2.05, 4.69) is 9.55 Å². The van der Waals surface area contributed by atoms with E-state index >= 15 is 0 Å². The molecule has 1 atom stereocenters. The molecule has 100 valence electrons. The van der Waals surface area contributed by atoms with Crippen LogP contribution in [-0.4, -0.2) is 9.55 Å². The minimum Gasteiger partial charge on any atom is -0.359 e. The summed E-state index contributed by atoms with van der Waals surface area (Å²) >= 11 is 0. The fraction of sp³-hybridized carbons (Fsp3) is 0.333. The number of hydrogen-bond donors (Lipinski definition) is 0. The standard InChI is InChI=1S/C15H12FN3O/c16-13-5-12-11(4-10(13)6-17)8-20-15(12)2-1-3-19-9-18-7-14(15)19/h4-5,7,9H,1-3,8H2. The molecule has 0 fully saturated rings. The van der Waals surface area contributed by atoms with Crippen LogP contribution in [0.1, 0.15) is 35.2 Å². The van der Waals surface area contributed by atoms with Gasteiger partial charge >= 0.3 is 0 Å². The zero-order valence-electron chi connectivity index (χ0n) is 10.8. The smallest absolute Gasteiger partial charge is 0.141 e. The molecule has 2 aliphatic heterocycles. The number of benzene rings is 1. The molecule has 1 spiro atoms. The van der Waals surface area contributed by atoms with Crippen LogP contribution >= 0.6 is 0 Å². The number of imidazole rings is 1. The van der Waals surface area contributed by atoms with E-state index in [0.717, 1.165) is 36.2 Å². The molecule has 1 aromatic heterocycles. The Hall–Kier alpha value is -2.19. The van der Waals surface area contributed by atoms with Crippen molar-refractivity contribution in [3.63, 3.8) is 0 Å². The van der Waals surface area contributed by atoms with Gasteiger partial charge in [0.2, 0.25) is 0 Å². The van der Waals surface area contributed by atoms with Gasteiger partial charge in [-0.2, -0.15) is 5.26 Å². The molecule has 0 saturated carbocycles.